The van der Waals surface area contributed by atoms with Crippen molar-refractivity contribution >= 4 is 27.4 Å². The van der Waals surface area contributed by atoms with Gasteiger partial charge < -0.3 is 5.32 Å². The van der Waals surface area contributed by atoms with Gasteiger partial charge in [0.05, 0.1) is 0 Å². The molecular formula is C22H18BrNO. The number of nitrogens with one attached hydrogen (secondary N) is 1. The molecule has 0 spiro atoms. The number of benzene rings is 3. The van der Waals surface area contributed by atoms with E-state index in [9.17, 15) is 4.79 Å². The van der Waals surface area contributed by atoms with Crippen molar-refractivity contribution < 1.29 is 4.79 Å². The first kappa shape index (κ1) is 17.2. The van der Waals surface area contributed by atoms with E-state index < -0.39 is 0 Å². The van der Waals surface area contributed by atoms with Crippen molar-refractivity contribution in [1.82, 2.24) is 5.32 Å². The molecule has 0 atom stereocenters. The van der Waals surface area contributed by atoms with E-state index in [0.29, 0.717) is 12.1 Å². The Bertz CT molecular complexity index is 873. The highest BCUT2D eigenvalue weighted by atomic mass is 79.9. The molecule has 0 fully saturated rings. The van der Waals surface area contributed by atoms with Crippen molar-refractivity contribution in [1.29, 1.82) is 0 Å². The van der Waals surface area contributed by atoms with Crippen LogP contribution in [-0.4, -0.2) is 5.78 Å². The Labute approximate surface area is 156 Å². The van der Waals surface area contributed by atoms with Crippen molar-refractivity contribution in [3.63, 3.8) is 0 Å². The monoisotopic (exact) mass is 391 g/mol. The maximum absolute atomic E-state index is 12.7. The van der Waals surface area contributed by atoms with Crippen LogP contribution in [0.1, 0.15) is 21.5 Å². The number of allylic oxidation sites excluding steroid dienone is 1. The molecule has 0 saturated heterocycles. The number of hydrogen-bond donors (Lipinski definition) is 1. The van der Waals surface area contributed by atoms with E-state index in [1.165, 1.54) is 0 Å². The van der Waals surface area contributed by atoms with E-state index in [0.717, 1.165) is 21.3 Å². The lowest BCUT2D eigenvalue weighted by Crippen LogP contribution is -2.13. The first-order valence-electron chi connectivity index (χ1n) is 8.08. The van der Waals surface area contributed by atoms with Crippen LogP contribution in [0.2, 0.25) is 0 Å². The van der Waals surface area contributed by atoms with Crippen molar-refractivity contribution in [2.75, 3.05) is 0 Å². The second-order valence-electron chi connectivity index (χ2n) is 5.61. The highest BCUT2D eigenvalue weighted by Gasteiger charge is 2.10. The summed E-state index contributed by atoms with van der Waals surface area (Å²) in [6, 6.07) is 27.5. The number of halogens is 1. The van der Waals surface area contributed by atoms with E-state index in [1.807, 2.05) is 72.8 Å². The highest BCUT2D eigenvalue weighted by molar-refractivity contribution is 9.10. The summed E-state index contributed by atoms with van der Waals surface area (Å²) in [5, 5.41) is 3.40. The predicted octanol–water partition coefficient (Wildman–Crippen LogP) is 5.46. The smallest absolute Gasteiger partial charge is 0.189 e. The summed E-state index contributed by atoms with van der Waals surface area (Å²) in [6.07, 6.45) is 1.67. The van der Waals surface area contributed by atoms with Crippen molar-refractivity contribution in [2.24, 2.45) is 0 Å². The molecule has 0 aliphatic carbocycles. The first-order chi connectivity index (χ1) is 12.2. The van der Waals surface area contributed by atoms with Gasteiger partial charge in [-0.15, -0.1) is 0 Å². The van der Waals surface area contributed by atoms with Gasteiger partial charge >= 0.3 is 0 Å². The van der Waals surface area contributed by atoms with Crippen LogP contribution in [0, 0.1) is 0 Å². The van der Waals surface area contributed by atoms with E-state index in [2.05, 4.69) is 33.4 Å². The minimum absolute atomic E-state index is 0.0353. The molecule has 0 amide bonds. The van der Waals surface area contributed by atoms with Crippen LogP contribution in [0.15, 0.2) is 95.5 Å². The molecule has 0 aliphatic rings. The van der Waals surface area contributed by atoms with E-state index in [4.69, 9.17) is 0 Å². The van der Waals surface area contributed by atoms with Crippen LogP contribution >= 0.6 is 15.9 Å². The van der Waals surface area contributed by atoms with Gasteiger partial charge in [-0.05, 0) is 23.3 Å². The number of hydrogen-bond acceptors (Lipinski definition) is 2. The number of rotatable bonds is 6. The molecule has 3 aromatic rings. The Morgan fingerprint density at radius 2 is 1.44 bits per heavy atom. The summed E-state index contributed by atoms with van der Waals surface area (Å²) in [5.74, 6) is -0.0353. The number of carbonyl (C=O) groups excluding carboxylic acids is 1. The van der Waals surface area contributed by atoms with Crippen LogP contribution in [0.25, 0.3) is 5.70 Å². The third-order valence-corrected chi connectivity index (χ3v) is 4.52. The Hall–Kier alpha value is -2.65. The average Bonchev–Trinajstić information content (AvgIpc) is 2.67. The lowest BCUT2D eigenvalue weighted by atomic mass is 10.1. The fourth-order valence-corrected chi connectivity index (χ4v) is 3.00. The summed E-state index contributed by atoms with van der Waals surface area (Å²) >= 11 is 3.45. The minimum atomic E-state index is -0.0353. The third kappa shape index (κ3) is 4.68. The highest BCUT2D eigenvalue weighted by Crippen LogP contribution is 2.19. The summed E-state index contributed by atoms with van der Waals surface area (Å²) in [4.78, 5) is 12.7. The Kier molecular flexibility index (Phi) is 5.81. The number of carbonyl (C=O) groups is 1. The molecule has 124 valence electrons. The van der Waals surface area contributed by atoms with E-state index in [-0.39, 0.29) is 5.78 Å². The van der Waals surface area contributed by atoms with Crippen molar-refractivity contribution in [3.8, 4) is 0 Å². The molecule has 3 aromatic carbocycles. The standard InChI is InChI=1S/C22H18BrNO/c23-20-14-8-7-13-19(20)22(25)15-21(18-11-5-2-6-12-18)24-16-17-9-3-1-4-10-17/h1-15,24H,16H2/b21-15+. The lowest BCUT2D eigenvalue weighted by molar-refractivity contribution is 0.104. The van der Waals surface area contributed by atoms with Gasteiger partial charge in [0, 0.05) is 28.4 Å². The fourth-order valence-electron chi connectivity index (χ4n) is 2.52. The third-order valence-electron chi connectivity index (χ3n) is 3.83. The molecular weight excluding hydrogens is 374 g/mol. The van der Waals surface area contributed by atoms with Gasteiger partial charge in [-0.2, -0.15) is 0 Å². The summed E-state index contributed by atoms with van der Waals surface area (Å²) in [6.45, 7) is 0.658. The van der Waals surface area contributed by atoms with Gasteiger partial charge in [-0.25, -0.2) is 0 Å². The normalized spacial score (nSPS) is 11.2. The zero-order valence-corrected chi connectivity index (χ0v) is 15.2. The van der Waals surface area contributed by atoms with Gasteiger partial charge in [0.1, 0.15) is 0 Å². The Balaban J connectivity index is 1.88. The molecule has 3 heteroatoms. The molecule has 3 rings (SSSR count). The Morgan fingerprint density at radius 3 is 2.12 bits per heavy atom. The molecule has 0 radical (unpaired) electrons. The molecule has 1 N–H and O–H groups in total. The van der Waals surface area contributed by atoms with Crippen molar-refractivity contribution in [2.45, 2.75) is 6.54 Å². The summed E-state index contributed by atoms with van der Waals surface area (Å²) < 4.78 is 0.798. The maximum atomic E-state index is 12.7. The summed E-state index contributed by atoms with van der Waals surface area (Å²) in [5.41, 5.74) is 3.61. The van der Waals surface area contributed by atoms with Crippen LogP contribution in [0.4, 0.5) is 0 Å². The largest absolute Gasteiger partial charge is 0.380 e. The molecule has 2 nitrogen and oxygen atoms in total. The van der Waals surface area contributed by atoms with Gasteiger partial charge in [0.25, 0.3) is 0 Å². The van der Waals surface area contributed by atoms with Gasteiger partial charge in [0.15, 0.2) is 5.78 Å². The SMILES string of the molecule is O=C(/C=C(/NCc1ccccc1)c1ccccc1)c1ccccc1Br. The van der Waals surface area contributed by atoms with E-state index in [1.54, 1.807) is 6.08 Å². The zero-order chi connectivity index (χ0) is 17.5. The average molecular weight is 392 g/mol. The lowest BCUT2D eigenvalue weighted by Gasteiger charge is -2.12. The van der Waals surface area contributed by atoms with Crippen molar-refractivity contribution in [3.05, 3.63) is 112 Å². The molecule has 0 aliphatic heterocycles. The Morgan fingerprint density at radius 1 is 0.840 bits per heavy atom. The quantitative estimate of drug-likeness (QED) is 0.446. The molecule has 0 aromatic heterocycles. The van der Waals surface area contributed by atoms with Gasteiger partial charge in [-0.3, -0.25) is 4.79 Å². The molecule has 0 bridgehead atoms. The van der Waals surface area contributed by atoms with Crippen LogP contribution in [0.5, 0.6) is 0 Å². The second kappa shape index (κ2) is 8.45. The zero-order valence-electron chi connectivity index (χ0n) is 13.7. The summed E-state index contributed by atoms with van der Waals surface area (Å²) in [7, 11) is 0. The van der Waals surface area contributed by atoms with Crippen LogP contribution < -0.4 is 5.32 Å². The molecule has 0 heterocycles. The van der Waals surface area contributed by atoms with E-state index >= 15 is 0 Å². The van der Waals surface area contributed by atoms with Gasteiger partial charge in [-0.1, -0.05) is 88.7 Å². The second-order valence-corrected chi connectivity index (χ2v) is 6.46. The fraction of sp³-hybridized carbons (Fsp3) is 0.0455. The first-order valence-corrected chi connectivity index (χ1v) is 8.87. The van der Waals surface area contributed by atoms with Crippen LogP contribution in [0.3, 0.4) is 0 Å². The molecule has 0 saturated carbocycles. The maximum Gasteiger partial charge on any atom is 0.189 e. The van der Waals surface area contributed by atoms with Gasteiger partial charge in [0.2, 0.25) is 0 Å². The topological polar surface area (TPSA) is 29.1 Å². The number of ketones is 1. The molecule has 25 heavy (non-hydrogen) atoms. The van der Waals surface area contributed by atoms with Crippen LogP contribution in [-0.2, 0) is 6.54 Å². The molecule has 0 unspecified atom stereocenters. The minimum Gasteiger partial charge on any atom is -0.380 e. The predicted molar refractivity (Wildman–Crippen MR) is 106 cm³/mol.